The molecule has 0 radical (unpaired) electrons. The summed E-state index contributed by atoms with van der Waals surface area (Å²) in [7, 11) is 4.09. The van der Waals surface area contributed by atoms with Gasteiger partial charge in [0.2, 0.25) is 5.91 Å². The van der Waals surface area contributed by atoms with Gasteiger partial charge in [0.25, 0.3) is 0 Å². The first-order valence-electron chi connectivity index (χ1n) is 11.2. The van der Waals surface area contributed by atoms with E-state index in [2.05, 4.69) is 32.8 Å². The number of aromatic nitrogens is 1. The summed E-state index contributed by atoms with van der Waals surface area (Å²) in [5, 5.41) is 3.76. The summed E-state index contributed by atoms with van der Waals surface area (Å²) in [6.07, 6.45) is -1.91. The van der Waals surface area contributed by atoms with Crippen LogP contribution in [0, 0.1) is 6.92 Å². The summed E-state index contributed by atoms with van der Waals surface area (Å²) in [5.41, 5.74) is 3.09. The fourth-order valence-corrected chi connectivity index (χ4v) is 3.51. The largest absolute Gasteiger partial charge is 0.573 e. The van der Waals surface area contributed by atoms with Gasteiger partial charge < -0.3 is 19.9 Å². The predicted octanol–water partition coefficient (Wildman–Crippen LogP) is 5.48. The third-order valence-electron chi connectivity index (χ3n) is 5.33. The number of carbonyl (C=O) groups excluding carboxylic acids is 1. The molecule has 9 heteroatoms. The molecular formula is C26H29F3N4O2. The summed E-state index contributed by atoms with van der Waals surface area (Å²) in [6.45, 7) is 6.78. The van der Waals surface area contributed by atoms with Gasteiger partial charge in [-0.25, -0.2) is 4.98 Å². The molecule has 0 unspecified atom stereocenters. The number of nitrogens with zero attached hydrogens (tertiary/aromatic N) is 3. The number of alkyl halides is 3. The number of fused-ring (bicyclic) bond motifs is 1. The molecule has 1 amide bonds. The zero-order valence-corrected chi connectivity index (χ0v) is 20.2. The van der Waals surface area contributed by atoms with Gasteiger partial charge in [0.1, 0.15) is 11.6 Å². The zero-order valence-electron chi connectivity index (χ0n) is 20.2. The molecule has 0 bridgehead atoms. The number of hydrogen-bond donors (Lipinski definition) is 1. The molecular weight excluding hydrogens is 457 g/mol. The molecule has 186 valence electrons. The van der Waals surface area contributed by atoms with E-state index in [0.717, 1.165) is 41.9 Å². The van der Waals surface area contributed by atoms with Crippen LogP contribution in [0.15, 0.2) is 54.6 Å². The number of aryl methyl sites for hydroxylation is 1. The van der Waals surface area contributed by atoms with Crippen molar-refractivity contribution < 1.29 is 22.7 Å². The second-order valence-electron chi connectivity index (χ2n) is 8.35. The quantitative estimate of drug-likeness (QED) is 0.406. The fourth-order valence-electron chi connectivity index (χ4n) is 3.51. The number of benzene rings is 2. The van der Waals surface area contributed by atoms with Crippen LogP contribution in [0.25, 0.3) is 17.0 Å². The maximum Gasteiger partial charge on any atom is 0.573 e. The normalized spacial score (nSPS) is 11.9. The molecule has 0 fully saturated rings. The predicted molar refractivity (Wildman–Crippen MR) is 134 cm³/mol. The Morgan fingerprint density at radius 3 is 2.43 bits per heavy atom. The molecule has 2 aromatic carbocycles. The lowest BCUT2D eigenvalue weighted by Gasteiger charge is -2.24. The second-order valence-corrected chi connectivity index (χ2v) is 8.35. The van der Waals surface area contributed by atoms with Gasteiger partial charge in [-0.2, -0.15) is 0 Å². The zero-order chi connectivity index (χ0) is 25.6. The molecule has 0 aliphatic carbocycles. The highest BCUT2D eigenvalue weighted by Gasteiger charge is 2.30. The second kappa shape index (κ2) is 11.2. The Morgan fingerprint density at radius 2 is 1.80 bits per heavy atom. The number of pyridine rings is 1. The number of likely N-dealkylation sites (N-methyl/N-ethyl adjacent to an activating group) is 2. The third kappa shape index (κ3) is 7.71. The number of anilines is 2. The van der Waals surface area contributed by atoms with Crippen molar-refractivity contribution in [2.45, 2.75) is 20.2 Å². The molecule has 1 N–H and O–H groups in total. The van der Waals surface area contributed by atoms with Crippen molar-refractivity contribution in [3.05, 3.63) is 65.7 Å². The van der Waals surface area contributed by atoms with Crippen molar-refractivity contribution in [1.82, 2.24) is 9.88 Å². The monoisotopic (exact) mass is 486 g/mol. The Balaban J connectivity index is 1.69. The van der Waals surface area contributed by atoms with Gasteiger partial charge in [-0.15, -0.1) is 13.2 Å². The van der Waals surface area contributed by atoms with E-state index in [0.29, 0.717) is 11.3 Å². The molecule has 1 heterocycles. The Labute approximate surface area is 203 Å². The summed E-state index contributed by atoms with van der Waals surface area (Å²) in [4.78, 5) is 21.6. The highest BCUT2D eigenvalue weighted by molar-refractivity contribution is 6.03. The number of hydrogen-bond acceptors (Lipinski definition) is 5. The van der Waals surface area contributed by atoms with Gasteiger partial charge in [0.15, 0.2) is 0 Å². The molecule has 35 heavy (non-hydrogen) atoms. The Morgan fingerprint density at radius 1 is 1.09 bits per heavy atom. The lowest BCUT2D eigenvalue weighted by atomic mass is 10.1. The van der Waals surface area contributed by atoms with E-state index in [9.17, 15) is 18.0 Å². The molecule has 1 aromatic heterocycles. The van der Waals surface area contributed by atoms with E-state index in [1.54, 1.807) is 6.07 Å². The SMILES string of the molecule is CCN(CCN(C)C)c1cc(C)c2cc(NC(=O)C=Cc3ccc(OC(F)(F)F)cc3)ccc2n1. The van der Waals surface area contributed by atoms with Crippen LogP contribution in [0.4, 0.5) is 24.7 Å². The average Bonchev–Trinajstić information content (AvgIpc) is 2.78. The van der Waals surface area contributed by atoms with Gasteiger partial charge in [-0.05, 0) is 81.5 Å². The van der Waals surface area contributed by atoms with Crippen LogP contribution in [-0.4, -0.2) is 55.9 Å². The van der Waals surface area contributed by atoms with Crippen molar-refractivity contribution in [3.63, 3.8) is 0 Å². The lowest BCUT2D eigenvalue weighted by molar-refractivity contribution is -0.274. The van der Waals surface area contributed by atoms with E-state index >= 15 is 0 Å². The Kier molecular flexibility index (Phi) is 8.34. The summed E-state index contributed by atoms with van der Waals surface area (Å²) >= 11 is 0. The van der Waals surface area contributed by atoms with Crippen molar-refractivity contribution in [2.24, 2.45) is 0 Å². The average molecular weight is 487 g/mol. The standard InChI is InChI=1S/C26H29F3N4O2/c1-5-33(15-14-32(3)4)24-16-18(2)22-17-20(9-12-23(22)31-24)30-25(34)13-8-19-6-10-21(11-7-19)35-26(27,28)29/h6-13,16-17H,5,14-15H2,1-4H3,(H,30,34). The van der Waals surface area contributed by atoms with Crippen LogP contribution >= 0.6 is 0 Å². The molecule has 0 aliphatic heterocycles. The van der Waals surface area contributed by atoms with Gasteiger partial charge >= 0.3 is 6.36 Å². The maximum atomic E-state index is 12.4. The third-order valence-corrected chi connectivity index (χ3v) is 5.33. The molecule has 0 spiro atoms. The first kappa shape index (κ1) is 26.0. The number of nitrogens with one attached hydrogen (secondary N) is 1. The van der Waals surface area contributed by atoms with E-state index in [4.69, 9.17) is 4.98 Å². The van der Waals surface area contributed by atoms with E-state index in [-0.39, 0.29) is 11.7 Å². The molecule has 6 nitrogen and oxygen atoms in total. The number of halogens is 3. The van der Waals surface area contributed by atoms with Crippen molar-refractivity contribution in [3.8, 4) is 5.75 Å². The highest BCUT2D eigenvalue weighted by Crippen LogP contribution is 2.26. The first-order chi connectivity index (χ1) is 16.5. The summed E-state index contributed by atoms with van der Waals surface area (Å²) < 4.78 is 40.6. The van der Waals surface area contributed by atoms with Crippen LogP contribution in [0.5, 0.6) is 5.75 Å². The maximum absolute atomic E-state index is 12.4. The van der Waals surface area contributed by atoms with Crippen molar-refractivity contribution in [2.75, 3.05) is 43.9 Å². The van der Waals surface area contributed by atoms with Crippen LogP contribution in [0.2, 0.25) is 0 Å². The van der Waals surface area contributed by atoms with Crippen LogP contribution in [0.1, 0.15) is 18.1 Å². The minimum atomic E-state index is -4.74. The number of amides is 1. The van der Waals surface area contributed by atoms with Gasteiger partial charge in [-0.3, -0.25) is 4.79 Å². The molecule has 0 saturated heterocycles. The summed E-state index contributed by atoms with van der Waals surface area (Å²) in [6, 6.07) is 12.9. The number of rotatable bonds is 9. The topological polar surface area (TPSA) is 57.7 Å². The first-order valence-corrected chi connectivity index (χ1v) is 11.2. The van der Waals surface area contributed by atoms with Gasteiger partial charge in [0, 0.05) is 36.8 Å². The summed E-state index contributed by atoms with van der Waals surface area (Å²) in [5.74, 6) is 0.246. The van der Waals surface area contributed by atoms with E-state index < -0.39 is 6.36 Å². The van der Waals surface area contributed by atoms with E-state index in [1.165, 1.54) is 36.4 Å². The highest BCUT2D eigenvalue weighted by atomic mass is 19.4. The van der Waals surface area contributed by atoms with Crippen molar-refractivity contribution in [1.29, 1.82) is 0 Å². The number of ether oxygens (including phenoxy) is 1. The Bertz CT molecular complexity index is 1190. The minimum absolute atomic E-state index is 0.317. The van der Waals surface area contributed by atoms with Crippen molar-refractivity contribution >= 4 is 34.4 Å². The smallest absolute Gasteiger partial charge is 0.406 e. The van der Waals surface area contributed by atoms with Crippen LogP contribution < -0.4 is 15.0 Å². The number of carbonyl (C=O) groups is 1. The van der Waals surface area contributed by atoms with Crippen LogP contribution in [0.3, 0.4) is 0 Å². The molecule has 3 aromatic rings. The minimum Gasteiger partial charge on any atom is -0.406 e. The lowest BCUT2D eigenvalue weighted by Crippen LogP contribution is -2.32. The molecule has 0 atom stereocenters. The van der Waals surface area contributed by atoms with Gasteiger partial charge in [-0.1, -0.05) is 12.1 Å². The molecule has 3 rings (SSSR count). The molecule has 0 aliphatic rings. The fraction of sp³-hybridized carbons (Fsp3) is 0.308. The van der Waals surface area contributed by atoms with E-state index in [1.807, 2.05) is 33.2 Å². The molecule has 0 saturated carbocycles. The Hall–Kier alpha value is -3.59. The van der Waals surface area contributed by atoms with Gasteiger partial charge in [0.05, 0.1) is 5.52 Å². The van der Waals surface area contributed by atoms with Crippen LogP contribution in [-0.2, 0) is 4.79 Å².